The summed E-state index contributed by atoms with van der Waals surface area (Å²) in [5.41, 5.74) is 3.30. The Labute approximate surface area is 184 Å². The summed E-state index contributed by atoms with van der Waals surface area (Å²) in [6.07, 6.45) is 8.90. The van der Waals surface area contributed by atoms with Crippen molar-refractivity contribution in [3.05, 3.63) is 101 Å². The van der Waals surface area contributed by atoms with Crippen LogP contribution in [-0.2, 0) is 17.9 Å². The number of carbonyl (C=O) groups excluding carboxylic acids is 1. The molecule has 2 aromatic carbocycles. The Morgan fingerprint density at radius 2 is 1.87 bits per heavy atom. The summed E-state index contributed by atoms with van der Waals surface area (Å²) in [6, 6.07) is 22.0. The largest absolute Gasteiger partial charge is 0.345 e. The van der Waals surface area contributed by atoms with Crippen molar-refractivity contribution in [3.8, 4) is 0 Å². The Bertz CT molecular complexity index is 962. The van der Waals surface area contributed by atoms with Gasteiger partial charge in [0, 0.05) is 36.1 Å². The second-order valence-electron chi connectivity index (χ2n) is 7.47. The minimum atomic E-state index is 0.0467. The van der Waals surface area contributed by atoms with Gasteiger partial charge >= 0.3 is 0 Å². The second-order valence-corrected chi connectivity index (χ2v) is 7.90. The summed E-state index contributed by atoms with van der Waals surface area (Å²) in [7, 11) is 0. The molecule has 4 heteroatoms. The molecule has 0 N–H and O–H groups in total. The highest BCUT2D eigenvalue weighted by Gasteiger charge is 2.13. The van der Waals surface area contributed by atoms with Crippen LogP contribution < -0.4 is 0 Å². The molecule has 1 amide bonds. The van der Waals surface area contributed by atoms with E-state index in [1.165, 1.54) is 0 Å². The lowest BCUT2D eigenvalue weighted by Gasteiger charge is -2.22. The van der Waals surface area contributed by atoms with Crippen LogP contribution in [0.2, 0.25) is 5.02 Å². The third-order valence-electron chi connectivity index (χ3n) is 5.08. The number of halogens is 1. The van der Waals surface area contributed by atoms with Crippen LogP contribution in [-0.4, -0.2) is 21.9 Å². The predicted molar refractivity (Wildman–Crippen MR) is 125 cm³/mol. The highest BCUT2D eigenvalue weighted by Crippen LogP contribution is 2.15. The SMILES string of the molecule is CCCCCN(Cc1cccn1Cc1cccc(Cl)c1)C(=O)/C=C/c1ccccc1. The minimum Gasteiger partial charge on any atom is -0.345 e. The van der Waals surface area contributed by atoms with Gasteiger partial charge in [-0.15, -0.1) is 0 Å². The van der Waals surface area contributed by atoms with Gasteiger partial charge in [-0.05, 0) is 47.9 Å². The van der Waals surface area contributed by atoms with Gasteiger partial charge in [-0.2, -0.15) is 0 Å². The summed E-state index contributed by atoms with van der Waals surface area (Å²) >= 11 is 6.14. The number of amides is 1. The molecule has 0 radical (unpaired) electrons. The molecule has 0 unspecified atom stereocenters. The van der Waals surface area contributed by atoms with E-state index in [1.807, 2.05) is 65.6 Å². The Kier molecular flexibility index (Phi) is 8.34. The Hall–Kier alpha value is -2.78. The number of hydrogen-bond donors (Lipinski definition) is 0. The van der Waals surface area contributed by atoms with E-state index in [4.69, 9.17) is 11.6 Å². The zero-order valence-electron chi connectivity index (χ0n) is 17.5. The molecule has 0 aliphatic carbocycles. The van der Waals surface area contributed by atoms with Crippen LogP contribution in [0.25, 0.3) is 6.08 Å². The van der Waals surface area contributed by atoms with Crippen molar-refractivity contribution in [2.24, 2.45) is 0 Å². The van der Waals surface area contributed by atoms with E-state index in [9.17, 15) is 4.79 Å². The van der Waals surface area contributed by atoms with Gasteiger partial charge < -0.3 is 9.47 Å². The molecule has 0 saturated heterocycles. The molecule has 0 aliphatic heterocycles. The molecule has 30 heavy (non-hydrogen) atoms. The van der Waals surface area contributed by atoms with E-state index in [2.05, 4.69) is 29.8 Å². The first-order valence-corrected chi connectivity index (χ1v) is 10.9. The Morgan fingerprint density at radius 3 is 2.63 bits per heavy atom. The normalized spacial score (nSPS) is 11.1. The lowest BCUT2D eigenvalue weighted by Crippen LogP contribution is -2.31. The monoisotopic (exact) mass is 420 g/mol. The number of rotatable bonds is 10. The average Bonchev–Trinajstić information content (AvgIpc) is 3.18. The minimum absolute atomic E-state index is 0.0467. The van der Waals surface area contributed by atoms with Crippen molar-refractivity contribution >= 4 is 23.6 Å². The Balaban J connectivity index is 1.72. The third-order valence-corrected chi connectivity index (χ3v) is 5.31. The topological polar surface area (TPSA) is 25.2 Å². The number of unbranched alkanes of at least 4 members (excludes halogenated alkanes) is 2. The quantitative estimate of drug-likeness (QED) is 0.274. The molecule has 0 atom stereocenters. The molecule has 0 spiro atoms. The molecule has 0 fully saturated rings. The lowest BCUT2D eigenvalue weighted by atomic mass is 10.2. The summed E-state index contributed by atoms with van der Waals surface area (Å²) in [6.45, 7) is 4.26. The molecule has 3 aromatic rings. The maximum atomic E-state index is 13.0. The first-order chi connectivity index (χ1) is 14.7. The molecule has 0 aliphatic rings. The van der Waals surface area contributed by atoms with Crippen LogP contribution in [0.1, 0.15) is 43.0 Å². The van der Waals surface area contributed by atoms with E-state index >= 15 is 0 Å². The van der Waals surface area contributed by atoms with Crippen molar-refractivity contribution in [2.75, 3.05) is 6.54 Å². The molecule has 156 valence electrons. The van der Waals surface area contributed by atoms with Crippen molar-refractivity contribution in [1.29, 1.82) is 0 Å². The summed E-state index contributed by atoms with van der Waals surface area (Å²) in [4.78, 5) is 14.9. The van der Waals surface area contributed by atoms with Crippen molar-refractivity contribution < 1.29 is 4.79 Å². The number of hydrogen-bond acceptors (Lipinski definition) is 1. The van der Waals surface area contributed by atoms with Crippen LogP contribution >= 0.6 is 11.6 Å². The molecule has 3 nitrogen and oxygen atoms in total. The van der Waals surface area contributed by atoms with Gasteiger partial charge in [0.1, 0.15) is 0 Å². The van der Waals surface area contributed by atoms with E-state index in [0.29, 0.717) is 6.54 Å². The van der Waals surface area contributed by atoms with Gasteiger partial charge in [-0.1, -0.05) is 73.8 Å². The number of aromatic nitrogens is 1. The van der Waals surface area contributed by atoms with Gasteiger partial charge in [0.2, 0.25) is 5.91 Å². The smallest absolute Gasteiger partial charge is 0.246 e. The fourth-order valence-corrected chi connectivity index (χ4v) is 3.64. The van der Waals surface area contributed by atoms with Crippen molar-refractivity contribution in [2.45, 2.75) is 39.3 Å². The lowest BCUT2D eigenvalue weighted by molar-refractivity contribution is -0.126. The third kappa shape index (κ3) is 6.64. The van der Waals surface area contributed by atoms with Gasteiger partial charge in [0.25, 0.3) is 0 Å². The first-order valence-electron chi connectivity index (χ1n) is 10.6. The summed E-state index contributed by atoms with van der Waals surface area (Å²) < 4.78 is 2.19. The molecule has 1 heterocycles. The maximum Gasteiger partial charge on any atom is 0.246 e. The highest BCUT2D eigenvalue weighted by molar-refractivity contribution is 6.30. The average molecular weight is 421 g/mol. The zero-order valence-corrected chi connectivity index (χ0v) is 18.3. The van der Waals surface area contributed by atoms with Crippen LogP contribution in [0.4, 0.5) is 0 Å². The van der Waals surface area contributed by atoms with E-state index in [-0.39, 0.29) is 5.91 Å². The van der Waals surface area contributed by atoms with Gasteiger partial charge in [0.05, 0.1) is 6.54 Å². The van der Waals surface area contributed by atoms with Gasteiger partial charge in [-0.3, -0.25) is 4.79 Å². The first kappa shape index (κ1) is 21.9. The standard InChI is InChI=1S/C26H29ClN2O/c1-2-3-7-17-29(26(30)16-15-22-10-5-4-6-11-22)21-25-14-9-18-28(25)20-23-12-8-13-24(27)19-23/h4-6,8-16,18-19H,2-3,7,17,20-21H2,1H3/b16-15+. The summed E-state index contributed by atoms with van der Waals surface area (Å²) in [5.74, 6) is 0.0467. The van der Waals surface area contributed by atoms with Crippen LogP contribution in [0.15, 0.2) is 79.0 Å². The zero-order chi connectivity index (χ0) is 21.2. The van der Waals surface area contributed by atoms with Crippen LogP contribution in [0.3, 0.4) is 0 Å². The fraction of sp³-hybridized carbons (Fsp3) is 0.269. The van der Waals surface area contributed by atoms with Crippen molar-refractivity contribution in [3.63, 3.8) is 0 Å². The van der Waals surface area contributed by atoms with E-state index < -0.39 is 0 Å². The number of benzene rings is 2. The number of nitrogens with zero attached hydrogens (tertiary/aromatic N) is 2. The Morgan fingerprint density at radius 1 is 1.03 bits per heavy atom. The predicted octanol–water partition coefficient (Wildman–Crippen LogP) is 6.42. The van der Waals surface area contributed by atoms with Gasteiger partial charge in [-0.25, -0.2) is 0 Å². The van der Waals surface area contributed by atoms with Crippen LogP contribution in [0, 0.1) is 0 Å². The second kappa shape index (κ2) is 11.4. The molecule has 1 aromatic heterocycles. The van der Waals surface area contributed by atoms with Crippen molar-refractivity contribution in [1.82, 2.24) is 9.47 Å². The van der Waals surface area contributed by atoms with Crippen LogP contribution in [0.5, 0.6) is 0 Å². The molecule has 0 saturated carbocycles. The summed E-state index contributed by atoms with van der Waals surface area (Å²) in [5, 5.41) is 0.739. The molecular formula is C26H29ClN2O. The molecule has 3 rings (SSSR count). The fourth-order valence-electron chi connectivity index (χ4n) is 3.43. The van der Waals surface area contributed by atoms with E-state index in [1.54, 1.807) is 6.08 Å². The number of carbonyl (C=O) groups is 1. The highest BCUT2D eigenvalue weighted by atomic mass is 35.5. The molecular weight excluding hydrogens is 392 g/mol. The maximum absolute atomic E-state index is 13.0. The van der Waals surface area contributed by atoms with E-state index in [0.717, 1.165) is 54.2 Å². The molecule has 0 bridgehead atoms. The van der Waals surface area contributed by atoms with Gasteiger partial charge in [0.15, 0.2) is 0 Å².